The van der Waals surface area contributed by atoms with Crippen LogP contribution < -0.4 is 4.31 Å². The van der Waals surface area contributed by atoms with Crippen molar-refractivity contribution in [1.29, 1.82) is 5.26 Å². The topological polar surface area (TPSA) is 74.1 Å². The van der Waals surface area contributed by atoms with Crippen LogP contribution in [0.1, 0.15) is 6.42 Å². The van der Waals surface area contributed by atoms with Crippen molar-refractivity contribution in [2.75, 3.05) is 10.8 Å². The van der Waals surface area contributed by atoms with E-state index in [0.29, 0.717) is 5.69 Å². The highest BCUT2D eigenvalue weighted by atomic mass is 32.2. The molecule has 2 aromatic rings. The Labute approximate surface area is 122 Å². The standard InChI is InChI=1S/C14H12FN3O2S/c15-13-8-4-10-17-14(13)21(19,20)18(11-5-9-16)12-6-2-1-3-7-12/h1-4,6-8,10H,5,11H2. The van der Waals surface area contributed by atoms with Gasteiger partial charge in [0.15, 0.2) is 5.82 Å². The second kappa shape index (κ2) is 6.33. The summed E-state index contributed by atoms with van der Waals surface area (Å²) in [5.41, 5.74) is 0.359. The molecule has 2 rings (SSSR count). The lowest BCUT2D eigenvalue weighted by Crippen LogP contribution is -2.33. The molecule has 0 spiro atoms. The number of para-hydroxylation sites is 1. The minimum Gasteiger partial charge on any atom is -0.264 e. The van der Waals surface area contributed by atoms with Gasteiger partial charge in [0.25, 0.3) is 10.0 Å². The van der Waals surface area contributed by atoms with E-state index in [1.807, 2.05) is 6.07 Å². The Hall–Kier alpha value is -2.46. The first-order valence-corrected chi connectivity index (χ1v) is 7.56. The van der Waals surface area contributed by atoms with Gasteiger partial charge < -0.3 is 0 Å². The predicted octanol–water partition coefficient (Wildman–Crippen LogP) is 2.33. The number of halogens is 1. The van der Waals surface area contributed by atoms with E-state index in [1.165, 1.54) is 12.3 Å². The SMILES string of the molecule is N#CCCN(c1ccccc1)S(=O)(=O)c1ncccc1F. The number of rotatable bonds is 5. The van der Waals surface area contributed by atoms with Gasteiger partial charge in [-0.3, -0.25) is 4.31 Å². The fraction of sp³-hybridized carbons (Fsp3) is 0.143. The average Bonchev–Trinajstić information content (AvgIpc) is 2.49. The van der Waals surface area contributed by atoms with Gasteiger partial charge in [-0.15, -0.1) is 0 Å². The van der Waals surface area contributed by atoms with Gasteiger partial charge in [0.05, 0.1) is 18.2 Å². The van der Waals surface area contributed by atoms with Gasteiger partial charge in [0, 0.05) is 12.7 Å². The molecule has 0 aliphatic carbocycles. The van der Waals surface area contributed by atoms with Crippen LogP contribution in [0.2, 0.25) is 0 Å². The van der Waals surface area contributed by atoms with Crippen molar-refractivity contribution in [3.8, 4) is 6.07 Å². The summed E-state index contributed by atoms with van der Waals surface area (Å²) in [5, 5.41) is 8.05. The number of pyridine rings is 1. The minimum absolute atomic E-state index is 0.0113. The summed E-state index contributed by atoms with van der Waals surface area (Å²) in [4.78, 5) is 3.62. The third-order valence-corrected chi connectivity index (χ3v) is 4.49. The average molecular weight is 305 g/mol. The first-order valence-electron chi connectivity index (χ1n) is 6.12. The lowest BCUT2D eigenvalue weighted by Gasteiger charge is -2.23. The molecule has 108 valence electrons. The normalized spacial score (nSPS) is 10.9. The molecule has 21 heavy (non-hydrogen) atoms. The molecule has 0 N–H and O–H groups in total. The van der Waals surface area contributed by atoms with Crippen LogP contribution in [-0.4, -0.2) is 19.9 Å². The first kappa shape index (κ1) is 14.9. The number of aromatic nitrogens is 1. The van der Waals surface area contributed by atoms with Crippen LogP contribution in [0.15, 0.2) is 53.7 Å². The van der Waals surface area contributed by atoms with Crippen molar-refractivity contribution in [2.24, 2.45) is 0 Å². The molecule has 0 saturated carbocycles. The van der Waals surface area contributed by atoms with Crippen molar-refractivity contribution in [2.45, 2.75) is 11.4 Å². The largest absolute Gasteiger partial charge is 0.284 e. The zero-order chi connectivity index (χ0) is 15.3. The highest BCUT2D eigenvalue weighted by Gasteiger charge is 2.28. The van der Waals surface area contributed by atoms with Gasteiger partial charge in [0.2, 0.25) is 5.03 Å². The zero-order valence-electron chi connectivity index (χ0n) is 11.0. The summed E-state index contributed by atoms with van der Waals surface area (Å²) in [6.45, 7) is -0.0706. The van der Waals surface area contributed by atoms with Crippen molar-refractivity contribution in [1.82, 2.24) is 4.98 Å². The lowest BCUT2D eigenvalue weighted by molar-refractivity contribution is 0.550. The molecular formula is C14H12FN3O2S. The maximum absolute atomic E-state index is 13.8. The van der Waals surface area contributed by atoms with Crippen LogP contribution >= 0.6 is 0 Å². The molecule has 0 bridgehead atoms. The number of hydrogen-bond donors (Lipinski definition) is 0. The Bertz CT molecular complexity index is 757. The quantitative estimate of drug-likeness (QED) is 0.849. The van der Waals surface area contributed by atoms with Crippen LogP contribution in [0.4, 0.5) is 10.1 Å². The van der Waals surface area contributed by atoms with E-state index in [4.69, 9.17) is 5.26 Å². The molecule has 7 heteroatoms. The van der Waals surface area contributed by atoms with E-state index in [1.54, 1.807) is 30.3 Å². The van der Waals surface area contributed by atoms with E-state index in [2.05, 4.69) is 4.98 Å². The Morgan fingerprint density at radius 2 is 1.90 bits per heavy atom. The number of hydrogen-bond acceptors (Lipinski definition) is 4. The van der Waals surface area contributed by atoms with Gasteiger partial charge in [-0.05, 0) is 24.3 Å². The Morgan fingerprint density at radius 1 is 1.19 bits per heavy atom. The summed E-state index contributed by atoms with van der Waals surface area (Å²) in [6, 6.07) is 12.5. The van der Waals surface area contributed by atoms with E-state index in [0.717, 1.165) is 10.4 Å². The summed E-state index contributed by atoms with van der Waals surface area (Å²) in [5.74, 6) is -0.921. The fourth-order valence-corrected chi connectivity index (χ4v) is 3.25. The maximum atomic E-state index is 13.8. The molecule has 0 radical (unpaired) electrons. The van der Waals surface area contributed by atoms with Crippen LogP contribution in [0.25, 0.3) is 0 Å². The highest BCUT2D eigenvalue weighted by molar-refractivity contribution is 7.92. The van der Waals surface area contributed by atoms with Crippen LogP contribution in [0.3, 0.4) is 0 Å². The number of anilines is 1. The Balaban J connectivity index is 2.51. The molecule has 0 unspecified atom stereocenters. The second-order valence-electron chi connectivity index (χ2n) is 4.11. The summed E-state index contributed by atoms with van der Waals surface area (Å²) >= 11 is 0. The van der Waals surface area contributed by atoms with E-state index in [-0.39, 0.29) is 13.0 Å². The molecule has 0 saturated heterocycles. The van der Waals surface area contributed by atoms with Crippen LogP contribution in [0.5, 0.6) is 0 Å². The molecule has 0 aliphatic heterocycles. The Kier molecular flexibility index (Phi) is 4.50. The van der Waals surface area contributed by atoms with Gasteiger partial charge >= 0.3 is 0 Å². The Morgan fingerprint density at radius 3 is 2.52 bits per heavy atom. The summed E-state index contributed by atoms with van der Waals surface area (Å²) in [7, 11) is -4.16. The lowest BCUT2D eigenvalue weighted by atomic mass is 10.3. The van der Waals surface area contributed by atoms with E-state index < -0.39 is 20.9 Å². The summed E-state index contributed by atoms with van der Waals surface area (Å²) in [6.07, 6.45) is 1.20. The third-order valence-electron chi connectivity index (χ3n) is 2.73. The molecule has 0 fully saturated rings. The molecule has 1 aromatic carbocycles. The monoisotopic (exact) mass is 305 g/mol. The van der Waals surface area contributed by atoms with Crippen LogP contribution in [-0.2, 0) is 10.0 Å². The number of benzene rings is 1. The molecule has 1 aromatic heterocycles. The minimum atomic E-state index is -4.16. The number of nitriles is 1. The molecule has 0 aliphatic rings. The first-order chi connectivity index (χ1) is 10.1. The maximum Gasteiger partial charge on any atom is 0.284 e. The number of sulfonamides is 1. The van der Waals surface area contributed by atoms with Gasteiger partial charge in [-0.1, -0.05) is 18.2 Å². The molecule has 1 heterocycles. The predicted molar refractivity (Wildman–Crippen MR) is 75.4 cm³/mol. The zero-order valence-corrected chi connectivity index (χ0v) is 11.8. The molecular weight excluding hydrogens is 293 g/mol. The third kappa shape index (κ3) is 3.17. The summed E-state index contributed by atoms with van der Waals surface area (Å²) < 4.78 is 39.9. The van der Waals surface area contributed by atoms with Gasteiger partial charge in [-0.25, -0.2) is 9.37 Å². The van der Waals surface area contributed by atoms with Crippen molar-refractivity contribution in [3.63, 3.8) is 0 Å². The van der Waals surface area contributed by atoms with E-state index >= 15 is 0 Å². The highest BCUT2D eigenvalue weighted by Crippen LogP contribution is 2.23. The number of nitrogens with zero attached hydrogens (tertiary/aromatic N) is 3. The second-order valence-corrected chi connectivity index (χ2v) is 5.89. The van der Waals surface area contributed by atoms with Crippen LogP contribution in [0, 0.1) is 17.1 Å². The van der Waals surface area contributed by atoms with Gasteiger partial charge in [0.1, 0.15) is 0 Å². The molecule has 0 amide bonds. The molecule has 5 nitrogen and oxygen atoms in total. The van der Waals surface area contributed by atoms with Crippen molar-refractivity contribution >= 4 is 15.7 Å². The smallest absolute Gasteiger partial charge is 0.264 e. The van der Waals surface area contributed by atoms with Gasteiger partial charge in [-0.2, -0.15) is 13.7 Å². The van der Waals surface area contributed by atoms with Crippen molar-refractivity contribution < 1.29 is 12.8 Å². The van der Waals surface area contributed by atoms with Crippen molar-refractivity contribution in [3.05, 3.63) is 54.5 Å². The molecule has 0 atom stereocenters. The van der Waals surface area contributed by atoms with E-state index in [9.17, 15) is 12.8 Å². The fourth-order valence-electron chi connectivity index (χ4n) is 1.80.